The van der Waals surface area contributed by atoms with Crippen molar-refractivity contribution in [3.05, 3.63) is 36.3 Å². The van der Waals surface area contributed by atoms with Gasteiger partial charge < -0.3 is 10.2 Å². The molecule has 3 aromatic rings. The summed E-state index contributed by atoms with van der Waals surface area (Å²) in [6.45, 7) is 3.40. The predicted molar refractivity (Wildman–Crippen MR) is 95.2 cm³/mol. The second-order valence-electron chi connectivity index (χ2n) is 6.09. The number of hydrogen-bond acceptors (Lipinski definition) is 5. The molecule has 1 aliphatic rings. The Balaban J connectivity index is 1.47. The number of anilines is 1. The van der Waals surface area contributed by atoms with E-state index in [9.17, 15) is 9.18 Å². The Morgan fingerprint density at radius 2 is 2.20 bits per heavy atom. The monoisotopic (exact) mass is 359 g/mol. The molecule has 1 fully saturated rings. The van der Waals surface area contributed by atoms with E-state index in [0.717, 1.165) is 40.9 Å². The summed E-state index contributed by atoms with van der Waals surface area (Å²) in [5.41, 5.74) is 1.63. The lowest BCUT2D eigenvalue weighted by molar-refractivity contribution is -0.129. The van der Waals surface area contributed by atoms with Crippen LogP contribution in [-0.4, -0.2) is 44.5 Å². The lowest BCUT2D eigenvalue weighted by atomic mass is 10.2. The number of halogens is 1. The van der Waals surface area contributed by atoms with Crippen molar-refractivity contribution in [2.45, 2.75) is 25.8 Å². The minimum absolute atomic E-state index is 0.196. The van der Waals surface area contributed by atoms with E-state index in [2.05, 4.69) is 15.4 Å². The van der Waals surface area contributed by atoms with E-state index in [1.54, 1.807) is 16.6 Å². The Morgan fingerprint density at radius 1 is 1.40 bits per heavy atom. The number of nitrogens with zero attached hydrogens (tertiary/aromatic N) is 4. The zero-order valence-electron chi connectivity index (χ0n) is 13.8. The number of carbonyl (C=O) groups excluding carboxylic acids is 1. The van der Waals surface area contributed by atoms with Gasteiger partial charge in [-0.2, -0.15) is 0 Å². The number of benzene rings is 1. The Labute approximate surface area is 148 Å². The molecule has 1 atom stereocenters. The molecule has 25 heavy (non-hydrogen) atoms. The number of carbonyl (C=O) groups is 1. The topological polar surface area (TPSA) is 62.5 Å². The largest absolute Gasteiger partial charge is 0.355 e. The second-order valence-corrected chi connectivity index (χ2v) is 7.05. The molecule has 1 N–H and O–H groups in total. The van der Waals surface area contributed by atoms with Crippen LogP contribution in [0.5, 0.6) is 0 Å². The molecule has 6 nitrogen and oxygen atoms in total. The zero-order chi connectivity index (χ0) is 17.4. The molecule has 0 aliphatic carbocycles. The van der Waals surface area contributed by atoms with Gasteiger partial charge in [0.25, 0.3) is 0 Å². The molecule has 2 aromatic heterocycles. The molecular formula is C17H18FN5OS. The van der Waals surface area contributed by atoms with Crippen molar-refractivity contribution in [3.63, 3.8) is 0 Å². The molecule has 1 unspecified atom stereocenters. The lowest BCUT2D eigenvalue weighted by Crippen LogP contribution is -2.30. The van der Waals surface area contributed by atoms with Crippen LogP contribution < -0.4 is 5.32 Å². The van der Waals surface area contributed by atoms with Crippen LogP contribution in [-0.2, 0) is 4.79 Å². The molecule has 0 saturated carbocycles. The normalized spacial score (nSPS) is 17.4. The Bertz CT molecular complexity index is 872. The molecule has 130 valence electrons. The number of hydrogen-bond donors (Lipinski definition) is 1. The first kappa shape index (κ1) is 16.0. The summed E-state index contributed by atoms with van der Waals surface area (Å²) in [6.07, 6.45) is 3.31. The number of rotatable bonds is 4. The zero-order valence-corrected chi connectivity index (χ0v) is 14.6. The maximum atomic E-state index is 13.0. The second kappa shape index (κ2) is 6.44. The van der Waals surface area contributed by atoms with E-state index in [0.29, 0.717) is 6.42 Å². The summed E-state index contributed by atoms with van der Waals surface area (Å²) >= 11 is 1.47. The summed E-state index contributed by atoms with van der Waals surface area (Å²) in [5, 5.41) is 8.70. The van der Waals surface area contributed by atoms with Gasteiger partial charge in [-0.25, -0.2) is 13.9 Å². The summed E-state index contributed by atoms with van der Waals surface area (Å²) in [6, 6.07) is 6.49. The van der Waals surface area contributed by atoms with Crippen LogP contribution in [0.25, 0.3) is 16.2 Å². The Hall–Kier alpha value is -2.48. The predicted octanol–water partition coefficient (Wildman–Crippen LogP) is 3.02. The third-order valence-electron chi connectivity index (χ3n) is 4.35. The van der Waals surface area contributed by atoms with Gasteiger partial charge in [-0.15, -0.1) is 5.10 Å². The first-order valence-electron chi connectivity index (χ1n) is 8.29. The van der Waals surface area contributed by atoms with Gasteiger partial charge in [0.1, 0.15) is 5.82 Å². The Morgan fingerprint density at radius 3 is 2.92 bits per heavy atom. The molecule has 0 radical (unpaired) electrons. The van der Waals surface area contributed by atoms with Crippen molar-refractivity contribution in [1.82, 2.24) is 19.5 Å². The number of fused-ring (bicyclic) bond motifs is 1. The molecule has 4 rings (SSSR count). The van der Waals surface area contributed by atoms with Gasteiger partial charge in [0.05, 0.1) is 11.9 Å². The molecule has 8 heteroatoms. The van der Waals surface area contributed by atoms with Crippen LogP contribution in [0, 0.1) is 5.82 Å². The molecule has 0 bridgehead atoms. The Kier molecular flexibility index (Phi) is 4.12. The van der Waals surface area contributed by atoms with Gasteiger partial charge in [-0.3, -0.25) is 4.79 Å². The van der Waals surface area contributed by atoms with Crippen molar-refractivity contribution in [1.29, 1.82) is 0 Å². The van der Waals surface area contributed by atoms with E-state index in [1.165, 1.54) is 23.5 Å². The highest BCUT2D eigenvalue weighted by atomic mass is 32.1. The lowest BCUT2D eigenvalue weighted by Gasteiger charge is -2.15. The number of amides is 1. The fourth-order valence-electron chi connectivity index (χ4n) is 3.02. The molecule has 1 aliphatic heterocycles. The number of aromatic nitrogens is 3. The minimum atomic E-state index is -0.262. The van der Waals surface area contributed by atoms with E-state index in [1.807, 2.05) is 18.0 Å². The van der Waals surface area contributed by atoms with Crippen molar-refractivity contribution in [3.8, 4) is 11.3 Å². The fourth-order valence-corrected chi connectivity index (χ4v) is 3.88. The van der Waals surface area contributed by atoms with Crippen LogP contribution in [0.2, 0.25) is 0 Å². The van der Waals surface area contributed by atoms with Crippen molar-refractivity contribution < 1.29 is 9.18 Å². The molecule has 3 heterocycles. The fraction of sp³-hybridized carbons (Fsp3) is 0.353. The van der Waals surface area contributed by atoms with E-state index < -0.39 is 0 Å². The quantitative estimate of drug-likeness (QED) is 0.778. The maximum absolute atomic E-state index is 13.0. The number of likely N-dealkylation sites (tertiary alicyclic amines) is 1. The van der Waals surface area contributed by atoms with Gasteiger partial charge in [0.15, 0.2) is 0 Å². The van der Waals surface area contributed by atoms with Gasteiger partial charge >= 0.3 is 0 Å². The maximum Gasteiger partial charge on any atom is 0.222 e. The van der Waals surface area contributed by atoms with Crippen LogP contribution in [0.15, 0.2) is 30.5 Å². The first-order valence-corrected chi connectivity index (χ1v) is 9.10. The third-order valence-corrected chi connectivity index (χ3v) is 5.21. The van der Waals surface area contributed by atoms with E-state index in [-0.39, 0.29) is 17.8 Å². The van der Waals surface area contributed by atoms with Crippen LogP contribution in [0.1, 0.15) is 19.8 Å². The van der Waals surface area contributed by atoms with E-state index in [4.69, 9.17) is 0 Å². The van der Waals surface area contributed by atoms with Crippen molar-refractivity contribution in [2.24, 2.45) is 0 Å². The van der Waals surface area contributed by atoms with Crippen LogP contribution in [0.3, 0.4) is 0 Å². The average molecular weight is 359 g/mol. The van der Waals surface area contributed by atoms with Crippen molar-refractivity contribution in [2.75, 3.05) is 18.4 Å². The SMILES string of the molecule is CCC(=O)N1CCC(Nc2nn3cc(-c4ccc(F)cc4)nc3s2)C1. The highest BCUT2D eigenvalue weighted by Gasteiger charge is 2.26. The minimum Gasteiger partial charge on any atom is -0.355 e. The first-order chi connectivity index (χ1) is 12.1. The highest BCUT2D eigenvalue weighted by Crippen LogP contribution is 2.26. The van der Waals surface area contributed by atoms with Crippen LogP contribution >= 0.6 is 11.3 Å². The smallest absolute Gasteiger partial charge is 0.222 e. The molecular weight excluding hydrogens is 341 g/mol. The summed E-state index contributed by atoms with van der Waals surface area (Å²) < 4.78 is 14.8. The van der Waals surface area contributed by atoms with E-state index >= 15 is 0 Å². The number of imidazole rings is 1. The van der Waals surface area contributed by atoms with Gasteiger partial charge in [-0.05, 0) is 30.7 Å². The van der Waals surface area contributed by atoms with Gasteiger partial charge in [-0.1, -0.05) is 18.3 Å². The molecule has 0 spiro atoms. The van der Waals surface area contributed by atoms with Crippen molar-refractivity contribution >= 4 is 27.3 Å². The third kappa shape index (κ3) is 3.21. The summed E-state index contributed by atoms with van der Waals surface area (Å²) in [7, 11) is 0. The van der Waals surface area contributed by atoms with Crippen LogP contribution in [0.4, 0.5) is 9.52 Å². The van der Waals surface area contributed by atoms with Gasteiger partial charge in [0.2, 0.25) is 16.0 Å². The molecule has 1 amide bonds. The standard InChI is InChI=1S/C17H18FN5OS/c1-2-15(24)22-8-7-13(9-22)19-16-21-23-10-14(20-17(23)25-16)11-3-5-12(18)6-4-11/h3-6,10,13H,2,7-9H2,1H3,(H,19,21). The molecule has 1 saturated heterocycles. The average Bonchev–Trinajstić information content (AvgIpc) is 3.30. The number of nitrogens with one attached hydrogen (secondary N) is 1. The van der Waals surface area contributed by atoms with Gasteiger partial charge in [0, 0.05) is 31.1 Å². The summed E-state index contributed by atoms with van der Waals surface area (Å²) in [4.78, 5) is 19.0. The highest BCUT2D eigenvalue weighted by molar-refractivity contribution is 7.20. The molecule has 1 aromatic carbocycles. The summed E-state index contributed by atoms with van der Waals surface area (Å²) in [5.74, 6) is -0.0660.